The largest absolute Gasteiger partial charge is 0.466 e. The maximum absolute atomic E-state index is 12.3. The van der Waals surface area contributed by atoms with Crippen LogP contribution in [0.5, 0.6) is 0 Å². The van der Waals surface area contributed by atoms with Crippen molar-refractivity contribution in [1.82, 2.24) is 4.57 Å². The number of hydrogen-bond donors (Lipinski definition) is 0. The SMILES string of the molecule is CCOC(=O)CC(=O)c1cc(C)n(Cc2ccccc2)c1C. The molecule has 0 spiro atoms. The van der Waals surface area contributed by atoms with Crippen LogP contribution in [0.1, 0.15) is 40.7 Å². The number of aryl methyl sites for hydroxylation is 1. The lowest BCUT2D eigenvalue weighted by Gasteiger charge is -2.10. The van der Waals surface area contributed by atoms with Crippen LogP contribution in [0.15, 0.2) is 36.4 Å². The van der Waals surface area contributed by atoms with Crippen LogP contribution in [0.4, 0.5) is 0 Å². The Morgan fingerprint density at radius 1 is 1.14 bits per heavy atom. The summed E-state index contributed by atoms with van der Waals surface area (Å²) in [5.41, 5.74) is 3.67. The Balaban J connectivity index is 2.20. The molecule has 4 heteroatoms. The number of carbonyl (C=O) groups is 2. The molecule has 22 heavy (non-hydrogen) atoms. The van der Waals surface area contributed by atoms with Gasteiger partial charge in [0.05, 0.1) is 6.61 Å². The lowest BCUT2D eigenvalue weighted by atomic mass is 10.1. The molecule has 0 radical (unpaired) electrons. The molecule has 2 rings (SSSR count). The summed E-state index contributed by atoms with van der Waals surface area (Å²) in [5, 5.41) is 0. The molecular weight excluding hydrogens is 278 g/mol. The molecule has 1 aromatic carbocycles. The van der Waals surface area contributed by atoms with E-state index in [2.05, 4.69) is 16.7 Å². The van der Waals surface area contributed by atoms with Gasteiger partial charge in [-0.1, -0.05) is 30.3 Å². The molecule has 2 aromatic rings. The molecule has 0 aliphatic rings. The number of aromatic nitrogens is 1. The average molecular weight is 299 g/mol. The molecule has 0 amide bonds. The van der Waals surface area contributed by atoms with Crippen LogP contribution in [0.2, 0.25) is 0 Å². The van der Waals surface area contributed by atoms with Crippen LogP contribution < -0.4 is 0 Å². The van der Waals surface area contributed by atoms with Crippen molar-refractivity contribution < 1.29 is 14.3 Å². The highest BCUT2D eigenvalue weighted by atomic mass is 16.5. The van der Waals surface area contributed by atoms with Crippen LogP contribution in [0.25, 0.3) is 0 Å². The van der Waals surface area contributed by atoms with E-state index >= 15 is 0 Å². The molecule has 0 saturated heterocycles. The lowest BCUT2D eigenvalue weighted by molar-refractivity contribution is -0.141. The summed E-state index contributed by atoms with van der Waals surface area (Å²) in [6.07, 6.45) is -0.205. The zero-order valence-electron chi connectivity index (χ0n) is 13.3. The highest BCUT2D eigenvalue weighted by molar-refractivity contribution is 6.06. The smallest absolute Gasteiger partial charge is 0.313 e. The first-order valence-corrected chi connectivity index (χ1v) is 7.42. The third-order valence-corrected chi connectivity index (χ3v) is 3.67. The van der Waals surface area contributed by atoms with E-state index in [1.54, 1.807) is 6.92 Å². The van der Waals surface area contributed by atoms with Crippen molar-refractivity contribution in [2.75, 3.05) is 6.61 Å². The van der Waals surface area contributed by atoms with E-state index in [1.165, 1.54) is 5.56 Å². The van der Waals surface area contributed by atoms with E-state index in [0.717, 1.165) is 11.4 Å². The fourth-order valence-electron chi connectivity index (χ4n) is 2.53. The third-order valence-electron chi connectivity index (χ3n) is 3.67. The van der Waals surface area contributed by atoms with Crippen molar-refractivity contribution in [2.24, 2.45) is 0 Å². The topological polar surface area (TPSA) is 48.3 Å². The third kappa shape index (κ3) is 3.64. The number of carbonyl (C=O) groups excluding carboxylic acids is 2. The summed E-state index contributed by atoms with van der Waals surface area (Å²) in [5.74, 6) is -0.661. The monoisotopic (exact) mass is 299 g/mol. The Kier molecular flexibility index (Phi) is 5.15. The van der Waals surface area contributed by atoms with Crippen molar-refractivity contribution in [3.05, 3.63) is 58.9 Å². The molecular formula is C18H21NO3. The van der Waals surface area contributed by atoms with E-state index in [-0.39, 0.29) is 12.2 Å². The Labute approximate surface area is 130 Å². The minimum atomic E-state index is -0.472. The molecule has 0 fully saturated rings. The molecule has 0 unspecified atom stereocenters. The van der Waals surface area contributed by atoms with Gasteiger partial charge in [0.1, 0.15) is 6.42 Å². The van der Waals surface area contributed by atoms with Gasteiger partial charge in [-0.25, -0.2) is 0 Å². The summed E-state index contributed by atoms with van der Waals surface area (Å²) in [6, 6.07) is 11.9. The van der Waals surface area contributed by atoms with Gasteiger partial charge in [-0.05, 0) is 32.4 Å². The van der Waals surface area contributed by atoms with Gasteiger partial charge >= 0.3 is 5.97 Å². The van der Waals surface area contributed by atoms with Gasteiger partial charge in [-0.3, -0.25) is 9.59 Å². The van der Waals surface area contributed by atoms with Gasteiger partial charge in [-0.2, -0.15) is 0 Å². The number of rotatable bonds is 6. The van der Waals surface area contributed by atoms with E-state index in [4.69, 9.17) is 4.74 Å². The zero-order chi connectivity index (χ0) is 16.1. The minimum Gasteiger partial charge on any atom is -0.466 e. The summed E-state index contributed by atoms with van der Waals surface area (Å²) >= 11 is 0. The maximum Gasteiger partial charge on any atom is 0.313 e. The van der Waals surface area contributed by atoms with Crippen molar-refractivity contribution in [1.29, 1.82) is 0 Å². The number of nitrogens with zero attached hydrogens (tertiary/aromatic N) is 1. The molecule has 0 aliphatic heterocycles. The van der Waals surface area contributed by atoms with Crippen LogP contribution in [0.3, 0.4) is 0 Å². The Morgan fingerprint density at radius 3 is 2.45 bits per heavy atom. The lowest BCUT2D eigenvalue weighted by Crippen LogP contribution is -2.12. The number of benzene rings is 1. The van der Waals surface area contributed by atoms with Gasteiger partial charge in [0.15, 0.2) is 5.78 Å². The molecule has 0 bridgehead atoms. The molecule has 0 N–H and O–H groups in total. The van der Waals surface area contributed by atoms with Gasteiger partial charge in [0.25, 0.3) is 0 Å². The number of hydrogen-bond acceptors (Lipinski definition) is 3. The Morgan fingerprint density at radius 2 is 1.82 bits per heavy atom. The summed E-state index contributed by atoms with van der Waals surface area (Å²) in [4.78, 5) is 23.7. The van der Waals surface area contributed by atoms with Gasteiger partial charge < -0.3 is 9.30 Å². The summed E-state index contributed by atoms with van der Waals surface area (Å²) in [6.45, 7) is 6.61. The maximum atomic E-state index is 12.3. The number of ketones is 1. The first-order valence-electron chi connectivity index (χ1n) is 7.42. The molecule has 116 valence electrons. The quantitative estimate of drug-likeness (QED) is 0.467. The fraction of sp³-hybridized carbons (Fsp3) is 0.333. The van der Waals surface area contributed by atoms with Gasteiger partial charge in [0.2, 0.25) is 0 Å². The van der Waals surface area contributed by atoms with Crippen LogP contribution in [0, 0.1) is 13.8 Å². The van der Waals surface area contributed by atoms with E-state index < -0.39 is 5.97 Å². The van der Waals surface area contributed by atoms with Crippen LogP contribution in [-0.2, 0) is 16.1 Å². The zero-order valence-corrected chi connectivity index (χ0v) is 13.3. The molecule has 0 saturated carbocycles. The number of Topliss-reactive ketones (excluding diaryl/α,β-unsaturated/α-hetero) is 1. The van der Waals surface area contributed by atoms with Crippen LogP contribution >= 0.6 is 0 Å². The number of esters is 1. The number of ether oxygens (including phenoxy) is 1. The molecule has 0 aliphatic carbocycles. The van der Waals surface area contributed by atoms with Crippen molar-refractivity contribution in [2.45, 2.75) is 33.7 Å². The normalized spacial score (nSPS) is 10.5. The highest BCUT2D eigenvalue weighted by Crippen LogP contribution is 2.19. The van der Waals surface area contributed by atoms with E-state index in [0.29, 0.717) is 18.7 Å². The summed E-state index contributed by atoms with van der Waals surface area (Å²) in [7, 11) is 0. The molecule has 1 heterocycles. The van der Waals surface area contributed by atoms with Crippen molar-refractivity contribution in [3.8, 4) is 0 Å². The second-order valence-corrected chi connectivity index (χ2v) is 5.26. The van der Waals surface area contributed by atoms with Gasteiger partial charge in [-0.15, -0.1) is 0 Å². The molecule has 1 aromatic heterocycles. The van der Waals surface area contributed by atoms with Crippen molar-refractivity contribution >= 4 is 11.8 Å². The van der Waals surface area contributed by atoms with E-state index in [9.17, 15) is 9.59 Å². The summed E-state index contributed by atoms with van der Waals surface area (Å²) < 4.78 is 6.93. The van der Waals surface area contributed by atoms with E-state index in [1.807, 2.05) is 38.1 Å². The minimum absolute atomic E-state index is 0.189. The van der Waals surface area contributed by atoms with Crippen molar-refractivity contribution in [3.63, 3.8) is 0 Å². The average Bonchev–Trinajstić information content (AvgIpc) is 2.77. The highest BCUT2D eigenvalue weighted by Gasteiger charge is 2.19. The second kappa shape index (κ2) is 7.07. The second-order valence-electron chi connectivity index (χ2n) is 5.26. The predicted octanol–water partition coefficient (Wildman–Crippen LogP) is 3.29. The first kappa shape index (κ1) is 16.0. The predicted molar refractivity (Wildman–Crippen MR) is 85.0 cm³/mol. The van der Waals surface area contributed by atoms with Crippen LogP contribution in [-0.4, -0.2) is 22.9 Å². The Hall–Kier alpha value is -2.36. The first-order chi connectivity index (χ1) is 10.5. The standard InChI is InChI=1S/C18H21NO3/c1-4-22-18(21)11-17(20)16-10-13(2)19(14(16)3)12-15-8-6-5-7-9-15/h5-10H,4,11-12H2,1-3H3. The van der Waals surface area contributed by atoms with Gasteiger partial charge in [0, 0.05) is 23.5 Å². The molecule has 4 nitrogen and oxygen atoms in total. The molecule has 0 atom stereocenters. The Bertz CT molecular complexity index is 671. The fourth-order valence-corrected chi connectivity index (χ4v) is 2.53.